The van der Waals surface area contributed by atoms with E-state index in [-0.39, 0.29) is 0 Å². The van der Waals surface area contributed by atoms with E-state index in [1.165, 1.54) is 21.9 Å². The van der Waals surface area contributed by atoms with Crippen molar-refractivity contribution in [2.24, 2.45) is 0 Å². The maximum absolute atomic E-state index is 2.28. The molecule has 86 valence electrons. The molecule has 0 fully saturated rings. The smallest absolute Gasteiger partial charge is 0.0653 e. The van der Waals surface area contributed by atoms with E-state index in [1.54, 1.807) is 0 Å². The number of hydrogen-bond donors (Lipinski definition) is 0. The highest BCUT2D eigenvalue weighted by Crippen LogP contribution is 2.18. The number of hydrogen-bond acceptors (Lipinski definition) is 0. The van der Waals surface area contributed by atoms with Crippen molar-refractivity contribution < 1.29 is 0 Å². The molecule has 0 aromatic heterocycles. The number of aryl methyl sites for hydroxylation is 1. The molecule has 1 heteroatoms. The van der Waals surface area contributed by atoms with E-state index < -0.39 is 0 Å². The molecule has 0 heterocycles. The highest BCUT2D eigenvalue weighted by Gasteiger charge is 2.06. The average molecular weight is 238 g/mol. The summed E-state index contributed by atoms with van der Waals surface area (Å²) in [5, 5.41) is 1.48. The van der Waals surface area contributed by atoms with E-state index in [2.05, 4.69) is 69.3 Å². The molecule has 0 aliphatic heterocycles. The fourth-order valence-corrected chi connectivity index (χ4v) is 3.10. The van der Waals surface area contributed by atoms with Crippen molar-refractivity contribution in [3.8, 4) is 11.1 Å². The molecule has 0 spiro atoms. The van der Waals surface area contributed by atoms with E-state index in [1.807, 2.05) is 0 Å². The predicted molar refractivity (Wildman–Crippen MR) is 77.1 cm³/mol. The second-order valence-electron chi connectivity index (χ2n) is 4.71. The highest BCUT2D eigenvalue weighted by atomic mass is 28.2. The Labute approximate surface area is 107 Å². The molecule has 2 aromatic carbocycles. The molecule has 2 rings (SSSR count). The van der Waals surface area contributed by atoms with E-state index in [9.17, 15) is 0 Å². The number of benzene rings is 2. The SMILES string of the molecule is Cc1ccc(-c2ccccc2[Si]C(C)C)cc1. The molecule has 2 aromatic rings. The average Bonchev–Trinajstić information content (AvgIpc) is 2.30. The van der Waals surface area contributed by atoms with Crippen LogP contribution in [0.15, 0.2) is 48.5 Å². The fraction of sp³-hybridized carbons (Fsp3) is 0.250. The van der Waals surface area contributed by atoms with Crippen molar-refractivity contribution in [3.05, 3.63) is 54.1 Å². The summed E-state index contributed by atoms with van der Waals surface area (Å²) in [5.41, 5.74) is 4.76. The van der Waals surface area contributed by atoms with Crippen molar-refractivity contribution >= 4 is 14.7 Å². The first-order valence-corrected chi connectivity index (χ1v) is 7.17. The Morgan fingerprint density at radius 1 is 0.882 bits per heavy atom. The van der Waals surface area contributed by atoms with Crippen molar-refractivity contribution in [2.45, 2.75) is 26.3 Å². The van der Waals surface area contributed by atoms with Gasteiger partial charge in [0.15, 0.2) is 0 Å². The molecular formula is C16H18Si. The van der Waals surface area contributed by atoms with Crippen molar-refractivity contribution in [1.29, 1.82) is 0 Å². The van der Waals surface area contributed by atoms with Gasteiger partial charge in [-0.3, -0.25) is 0 Å². The maximum atomic E-state index is 2.28. The molecule has 0 nitrogen and oxygen atoms in total. The Hall–Kier alpha value is -1.34. The Balaban J connectivity index is 2.40. The maximum Gasteiger partial charge on any atom is 0.0845 e. The van der Waals surface area contributed by atoms with Gasteiger partial charge in [0.25, 0.3) is 0 Å². The second kappa shape index (κ2) is 5.33. The Morgan fingerprint density at radius 2 is 1.53 bits per heavy atom. The van der Waals surface area contributed by atoms with Gasteiger partial charge in [-0.1, -0.05) is 78.7 Å². The Bertz CT molecular complexity index is 483. The predicted octanol–water partition coefficient (Wildman–Crippen LogP) is 3.82. The third kappa shape index (κ3) is 3.07. The highest BCUT2D eigenvalue weighted by molar-refractivity contribution is 6.56. The lowest BCUT2D eigenvalue weighted by atomic mass is 10.0. The summed E-state index contributed by atoms with van der Waals surface area (Å²) < 4.78 is 0. The molecule has 0 N–H and O–H groups in total. The van der Waals surface area contributed by atoms with Crippen molar-refractivity contribution in [2.75, 3.05) is 0 Å². The molecule has 0 aliphatic rings. The summed E-state index contributed by atoms with van der Waals surface area (Å²) in [5.74, 6) is 0. The first-order chi connectivity index (χ1) is 8.16. The van der Waals surface area contributed by atoms with Crippen LogP contribution in [0.2, 0.25) is 5.54 Å². The van der Waals surface area contributed by atoms with Crippen LogP contribution in [0.1, 0.15) is 19.4 Å². The largest absolute Gasteiger partial charge is 0.0845 e. The third-order valence-electron chi connectivity index (χ3n) is 2.73. The Kier molecular flexibility index (Phi) is 3.80. The van der Waals surface area contributed by atoms with Crippen LogP contribution in [0.3, 0.4) is 0 Å². The van der Waals surface area contributed by atoms with Gasteiger partial charge in [0, 0.05) is 0 Å². The second-order valence-corrected chi connectivity index (χ2v) is 6.69. The zero-order valence-corrected chi connectivity index (χ0v) is 11.7. The van der Waals surface area contributed by atoms with E-state index in [0.717, 1.165) is 15.1 Å². The first kappa shape index (κ1) is 12.1. The van der Waals surface area contributed by atoms with Crippen LogP contribution in [-0.4, -0.2) is 9.52 Å². The molecule has 0 bridgehead atoms. The zero-order chi connectivity index (χ0) is 12.3. The van der Waals surface area contributed by atoms with Crippen LogP contribution < -0.4 is 5.19 Å². The molecule has 0 saturated heterocycles. The monoisotopic (exact) mass is 238 g/mol. The summed E-state index contributed by atoms with van der Waals surface area (Å²) in [4.78, 5) is 0. The van der Waals surface area contributed by atoms with Gasteiger partial charge in [-0.15, -0.1) is 0 Å². The summed E-state index contributed by atoms with van der Waals surface area (Å²) in [7, 11) is 0.883. The number of rotatable bonds is 3. The van der Waals surface area contributed by atoms with Crippen LogP contribution >= 0.6 is 0 Å². The van der Waals surface area contributed by atoms with Crippen LogP contribution in [0.4, 0.5) is 0 Å². The van der Waals surface area contributed by atoms with Gasteiger partial charge in [0.05, 0.1) is 9.52 Å². The quantitative estimate of drug-likeness (QED) is 0.713. The third-order valence-corrected chi connectivity index (χ3v) is 4.06. The molecule has 17 heavy (non-hydrogen) atoms. The van der Waals surface area contributed by atoms with E-state index in [4.69, 9.17) is 0 Å². The summed E-state index contributed by atoms with van der Waals surface area (Å²) >= 11 is 0. The van der Waals surface area contributed by atoms with Crippen LogP contribution in [0, 0.1) is 6.92 Å². The van der Waals surface area contributed by atoms with Gasteiger partial charge in [-0.2, -0.15) is 0 Å². The van der Waals surface area contributed by atoms with Crippen molar-refractivity contribution in [1.82, 2.24) is 0 Å². The van der Waals surface area contributed by atoms with Crippen LogP contribution in [0.5, 0.6) is 0 Å². The molecule has 0 saturated carbocycles. The van der Waals surface area contributed by atoms with Gasteiger partial charge < -0.3 is 0 Å². The minimum Gasteiger partial charge on any atom is -0.0653 e. The fourth-order valence-electron chi connectivity index (χ4n) is 1.90. The molecule has 0 aliphatic carbocycles. The minimum absolute atomic E-state index is 0.724. The van der Waals surface area contributed by atoms with E-state index in [0.29, 0.717) is 0 Å². The zero-order valence-electron chi connectivity index (χ0n) is 10.7. The lowest BCUT2D eigenvalue weighted by Gasteiger charge is -2.11. The molecule has 2 radical (unpaired) electrons. The lowest BCUT2D eigenvalue weighted by Crippen LogP contribution is -2.18. The first-order valence-electron chi connectivity index (χ1n) is 6.09. The van der Waals surface area contributed by atoms with Gasteiger partial charge in [0.1, 0.15) is 0 Å². The molecule has 0 unspecified atom stereocenters. The molecular weight excluding hydrogens is 220 g/mol. The standard InChI is InChI=1S/C16H18Si/c1-12(2)17-16-7-5-4-6-15(16)14-10-8-13(3)9-11-14/h4-12H,1-3H3. The minimum atomic E-state index is 0.724. The van der Waals surface area contributed by atoms with Crippen LogP contribution in [0.25, 0.3) is 11.1 Å². The Morgan fingerprint density at radius 3 is 2.18 bits per heavy atom. The van der Waals surface area contributed by atoms with Gasteiger partial charge in [-0.25, -0.2) is 0 Å². The van der Waals surface area contributed by atoms with Gasteiger partial charge in [-0.05, 0) is 18.1 Å². The molecule has 0 atom stereocenters. The van der Waals surface area contributed by atoms with Gasteiger partial charge >= 0.3 is 0 Å². The van der Waals surface area contributed by atoms with E-state index >= 15 is 0 Å². The van der Waals surface area contributed by atoms with Crippen molar-refractivity contribution in [3.63, 3.8) is 0 Å². The van der Waals surface area contributed by atoms with Gasteiger partial charge in [0.2, 0.25) is 0 Å². The lowest BCUT2D eigenvalue weighted by molar-refractivity contribution is 1.07. The summed E-state index contributed by atoms with van der Waals surface area (Å²) in [6.07, 6.45) is 0. The van der Waals surface area contributed by atoms with Crippen LogP contribution in [-0.2, 0) is 0 Å². The topological polar surface area (TPSA) is 0 Å². The summed E-state index contributed by atoms with van der Waals surface area (Å²) in [6, 6.07) is 17.6. The molecule has 0 amide bonds. The normalized spacial score (nSPS) is 10.8. The summed E-state index contributed by atoms with van der Waals surface area (Å²) in [6.45, 7) is 6.69.